The first kappa shape index (κ1) is 27.2. The van der Waals surface area contributed by atoms with Crippen LogP contribution in [0.5, 0.6) is 0 Å². The summed E-state index contributed by atoms with van der Waals surface area (Å²) in [6, 6.07) is 3.73. The Hall–Kier alpha value is -3.36. The van der Waals surface area contributed by atoms with E-state index in [0.29, 0.717) is 23.2 Å². The van der Waals surface area contributed by atoms with Gasteiger partial charge in [-0.1, -0.05) is 6.92 Å². The Morgan fingerprint density at radius 3 is 2.44 bits per heavy atom. The first-order valence-electron chi connectivity index (χ1n) is 12.4. The highest BCUT2D eigenvalue weighted by Crippen LogP contribution is 2.46. The molecule has 0 amide bonds. The molecule has 14 heteroatoms. The van der Waals surface area contributed by atoms with E-state index >= 15 is 0 Å². The molecule has 0 saturated carbocycles. The van der Waals surface area contributed by atoms with Gasteiger partial charge in [0.15, 0.2) is 5.82 Å². The Labute approximate surface area is 226 Å². The van der Waals surface area contributed by atoms with E-state index in [1.54, 1.807) is 19.2 Å². The number of fused-ring (bicyclic) bond motifs is 1. The molecule has 0 aliphatic carbocycles. The second-order valence-electron chi connectivity index (χ2n) is 9.61. The van der Waals surface area contributed by atoms with E-state index in [1.165, 1.54) is 7.05 Å². The van der Waals surface area contributed by atoms with Crippen LogP contribution in [-0.4, -0.2) is 73.6 Å². The van der Waals surface area contributed by atoms with Gasteiger partial charge in [0.05, 0.1) is 33.4 Å². The number of nitrogens with zero attached hydrogens (tertiary/aromatic N) is 7. The predicted molar refractivity (Wildman–Crippen MR) is 142 cm³/mol. The number of halogens is 4. The van der Waals surface area contributed by atoms with Gasteiger partial charge in [0.1, 0.15) is 17.0 Å². The van der Waals surface area contributed by atoms with E-state index in [0.717, 1.165) is 60.6 Å². The minimum absolute atomic E-state index is 0.0803. The Morgan fingerprint density at radius 1 is 1.10 bits per heavy atom. The van der Waals surface area contributed by atoms with E-state index in [2.05, 4.69) is 42.1 Å². The zero-order valence-corrected chi connectivity index (χ0v) is 22.7. The molecule has 0 bridgehead atoms. The van der Waals surface area contributed by atoms with Crippen molar-refractivity contribution in [2.45, 2.75) is 32.5 Å². The van der Waals surface area contributed by atoms with Gasteiger partial charge in [0.2, 0.25) is 11.5 Å². The predicted octanol–water partition coefficient (Wildman–Crippen LogP) is 4.59. The van der Waals surface area contributed by atoms with E-state index in [-0.39, 0.29) is 21.9 Å². The van der Waals surface area contributed by atoms with Gasteiger partial charge in [0.25, 0.3) is 0 Å². The third-order valence-electron chi connectivity index (χ3n) is 7.05. The molecule has 39 heavy (non-hydrogen) atoms. The van der Waals surface area contributed by atoms with Gasteiger partial charge >= 0.3 is 6.18 Å². The number of pyridine rings is 1. The fourth-order valence-electron chi connectivity index (χ4n) is 4.70. The molecule has 5 heterocycles. The molecule has 0 aromatic carbocycles. The summed E-state index contributed by atoms with van der Waals surface area (Å²) in [5.74, 6) is -0.199. The molecular weight excluding hydrogens is 536 g/mol. The highest BCUT2D eigenvalue weighted by atomic mass is 32.1. The number of thiophene rings is 1. The number of aryl methyl sites for hydroxylation is 2. The lowest BCUT2D eigenvalue weighted by Gasteiger charge is -2.35. The van der Waals surface area contributed by atoms with Gasteiger partial charge in [-0.3, -0.25) is 4.68 Å². The van der Waals surface area contributed by atoms with Crippen LogP contribution in [0.15, 0.2) is 24.5 Å². The van der Waals surface area contributed by atoms with Crippen molar-refractivity contribution in [1.29, 1.82) is 0 Å². The molecule has 5 rings (SSSR count). The van der Waals surface area contributed by atoms with Crippen LogP contribution in [0.3, 0.4) is 0 Å². The fraction of sp³-hybridized carbons (Fsp3) is 0.440. The zero-order chi connectivity index (χ0) is 28.1. The van der Waals surface area contributed by atoms with E-state index in [4.69, 9.17) is 0 Å². The summed E-state index contributed by atoms with van der Waals surface area (Å²) in [4.78, 5) is 17.7. The van der Waals surface area contributed by atoms with Crippen LogP contribution >= 0.6 is 11.3 Å². The van der Waals surface area contributed by atoms with Crippen LogP contribution in [0.2, 0.25) is 0 Å². The lowest BCUT2D eigenvalue weighted by Crippen LogP contribution is -2.46. The number of hydrogen-bond acceptors (Lipinski definition) is 9. The Balaban J connectivity index is 1.42. The van der Waals surface area contributed by atoms with Crippen LogP contribution in [-0.2, 0) is 12.6 Å². The molecule has 1 aliphatic heterocycles. The van der Waals surface area contributed by atoms with Crippen LogP contribution in [0.1, 0.15) is 25.1 Å². The maximum Gasteiger partial charge on any atom is 0.422 e. The second-order valence-corrected chi connectivity index (χ2v) is 10.6. The number of piperazine rings is 1. The van der Waals surface area contributed by atoms with Gasteiger partial charge in [-0.15, -0.1) is 11.3 Å². The number of aliphatic hydroxyl groups is 1. The largest absolute Gasteiger partial charge is 0.422 e. The maximum atomic E-state index is 14.9. The number of rotatable bonds is 6. The molecule has 0 spiro atoms. The quantitative estimate of drug-likeness (QED) is 0.329. The van der Waals surface area contributed by atoms with Crippen molar-refractivity contribution >= 4 is 39.0 Å². The fourth-order valence-corrected chi connectivity index (χ4v) is 6.11. The molecule has 1 fully saturated rings. The highest BCUT2D eigenvalue weighted by Gasteiger charge is 2.54. The van der Waals surface area contributed by atoms with Crippen molar-refractivity contribution in [3.63, 3.8) is 0 Å². The topological polar surface area (TPSA) is 95.2 Å². The number of hydrogen-bond donors (Lipinski definition) is 2. The standard InChI is InChI=1S/C25H28F4N8OS/c1-5-36-8-10-37(11-9-36)15-6-7-17(30-12-15)32-23-31-13-16(26)19(33-23)20-14(2)18-21(39-20)22(35(4)34-18)24(3,38)25(27,28)29/h6-7,12-13,38H,5,8-11H2,1-4H3,(H,30,31,32,33). The van der Waals surface area contributed by atoms with Crippen LogP contribution in [0.25, 0.3) is 20.8 Å². The van der Waals surface area contributed by atoms with Gasteiger partial charge in [0, 0.05) is 33.2 Å². The molecule has 1 unspecified atom stereocenters. The number of aromatic nitrogens is 5. The molecule has 9 nitrogen and oxygen atoms in total. The normalized spacial score (nSPS) is 16.6. The van der Waals surface area contributed by atoms with Crippen LogP contribution in [0, 0.1) is 12.7 Å². The summed E-state index contributed by atoms with van der Waals surface area (Å²) < 4.78 is 56.9. The third-order valence-corrected chi connectivity index (χ3v) is 8.34. The number of alkyl halides is 3. The monoisotopic (exact) mass is 564 g/mol. The molecule has 4 aromatic rings. The van der Waals surface area contributed by atoms with Gasteiger partial charge in [-0.2, -0.15) is 18.3 Å². The summed E-state index contributed by atoms with van der Waals surface area (Å²) >= 11 is 0.890. The Kier molecular flexibility index (Phi) is 6.97. The first-order valence-corrected chi connectivity index (χ1v) is 13.2. The average molecular weight is 565 g/mol. The minimum Gasteiger partial charge on any atom is -0.375 e. The third kappa shape index (κ3) is 4.92. The molecule has 1 aliphatic rings. The lowest BCUT2D eigenvalue weighted by atomic mass is 10.0. The minimum atomic E-state index is -4.94. The SMILES string of the molecule is CCN1CCN(c2ccc(Nc3ncc(F)c(-c4sc5c(C(C)(O)C(F)(F)F)n(C)nc5c4C)n3)nc2)CC1. The smallest absolute Gasteiger partial charge is 0.375 e. The lowest BCUT2D eigenvalue weighted by molar-refractivity contribution is -0.260. The number of likely N-dealkylation sites (N-methyl/N-ethyl adjacent to an activating group) is 1. The summed E-state index contributed by atoms with van der Waals surface area (Å²) in [6.07, 6.45) is -2.18. The van der Waals surface area contributed by atoms with Crippen molar-refractivity contribution in [3.8, 4) is 10.6 Å². The zero-order valence-electron chi connectivity index (χ0n) is 21.8. The van der Waals surface area contributed by atoms with E-state index in [1.807, 2.05) is 6.07 Å². The average Bonchev–Trinajstić information content (AvgIpc) is 3.39. The highest BCUT2D eigenvalue weighted by molar-refractivity contribution is 7.22. The first-order chi connectivity index (χ1) is 18.4. The molecule has 1 saturated heterocycles. The van der Waals surface area contributed by atoms with Crippen LogP contribution < -0.4 is 10.2 Å². The summed E-state index contributed by atoms with van der Waals surface area (Å²) in [5.41, 5.74) is -1.97. The molecule has 0 radical (unpaired) electrons. The van der Waals surface area contributed by atoms with Gasteiger partial charge in [-0.25, -0.2) is 19.3 Å². The molecule has 1 atom stereocenters. The van der Waals surface area contributed by atoms with Crippen LogP contribution in [0.4, 0.5) is 35.0 Å². The summed E-state index contributed by atoms with van der Waals surface area (Å²) in [5, 5.41) is 17.5. The Morgan fingerprint density at radius 2 is 1.82 bits per heavy atom. The van der Waals surface area contributed by atoms with Gasteiger partial charge < -0.3 is 20.2 Å². The second kappa shape index (κ2) is 9.99. The molecular formula is C25H28F4N8OS. The maximum absolute atomic E-state index is 14.9. The van der Waals surface area contributed by atoms with Crippen molar-refractivity contribution in [3.05, 3.63) is 41.6 Å². The molecule has 2 N–H and O–H groups in total. The molecule has 4 aromatic heterocycles. The van der Waals surface area contributed by atoms with Gasteiger partial charge in [-0.05, 0) is 38.1 Å². The van der Waals surface area contributed by atoms with E-state index < -0.39 is 23.3 Å². The summed E-state index contributed by atoms with van der Waals surface area (Å²) in [7, 11) is 1.33. The van der Waals surface area contributed by atoms with Crippen molar-refractivity contribution in [2.75, 3.05) is 42.9 Å². The van der Waals surface area contributed by atoms with Crippen molar-refractivity contribution < 1.29 is 22.7 Å². The molecule has 208 valence electrons. The van der Waals surface area contributed by atoms with E-state index in [9.17, 15) is 22.7 Å². The number of anilines is 3. The summed E-state index contributed by atoms with van der Waals surface area (Å²) in [6.45, 7) is 9.29. The van der Waals surface area contributed by atoms with Crippen molar-refractivity contribution in [1.82, 2.24) is 29.6 Å². The van der Waals surface area contributed by atoms with Crippen molar-refractivity contribution in [2.24, 2.45) is 7.05 Å². The number of nitrogens with one attached hydrogen (secondary N) is 1. The Bertz CT molecular complexity index is 1490.